The number of aliphatic hydroxyl groups is 1. The summed E-state index contributed by atoms with van der Waals surface area (Å²) in [6, 6.07) is 0. The van der Waals surface area contributed by atoms with Crippen LogP contribution in [0.25, 0.3) is 0 Å². The predicted octanol–water partition coefficient (Wildman–Crippen LogP) is 4.29. The van der Waals surface area contributed by atoms with Crippen molar-refractivity contribution in [1.82, 2.24) is 0 Å². The van der Waals surface area contributed by atoms with Crippen LogP contribution in [0.15, 0.2) is 0 Å². The van der Waals surface area contributed by atoms with Crippen LogP contribution in [0.1, 0.15) is 77.6 Å². The molecule has 0 amide bonds. The highest BCUT2D eigenvalue weighted by atomic mass is 16.3. The summed E-state index contributed by atoms with van der Waals surface area (Å²) in [4.78, 5) is 0. The lowest BCUT2D eigenvalue weighted by atomic mass is 10.0. The van der Waals surface area contributed by atoms with E-state index in [1.807, 2.05) is 0 Å². The minimum Gasteiger partial charge on any atom is -0.380 e. The molecular formula is C15H28O. The molecule has 1 N–H and O–H groups in total. The third-order valence-electron chi connectivity index (χ3n) is 3.02. The van der Waals surface area contributed by atoms with Crippen molar-refractivity contribution in [3.05, 3.63) is 0 Å². The Morgan fingerprint density at radius 2 is 1.31 bits per heavy atom. The highest BCUT2D eigenvalue weighted by molar-refractivity contribution is 4.92. The first-order valence-electron chi connectivity index (χ1n) is 6.95. The monoisotopic (exact) mass is 224 g/mol. The van der Waals surface area contributed by atoms with Crippen LogP contribution in [-0.4, -0.2) is 11.2 Å². The third-order valence-corrected chi connectivity index (χ3v) is 3.02. The van der Waals surface area contributed by atoms with Crippen LogP contribution in [-0.2, 0) is 0 Å². The average molecular weight is 224 g/mol. The van der Waals surface area contributed by atoms with Crippen LogP contribution in [0.2, 0.25) is 0 Å². The topological polar surface area (TPSA) is 20.2 Å². The summed E-state index contributed by atoms with van der Waals surface area (Å²) in [5, 5.41) is 9.14. The van der Waals surface area contributed by atoms with Gasteiger partial charge in [-0.3, -0.25) is 0 Å². The zero-order chi connectivity index (χ0) is 12.1. The van der Waals surface area contributed by atoms with Gasteiger partial charge in [-0.05, 0) is 12.8 Å². The van der Waals surface area contributed by atoms with E-state index >= 15 is 0 Å². The highest BCUT2D eigenvalue weighted by Gasteiger charge is 1.97. The van der Waals surface area contributed by atoms with Gasteiger partial charge in [0.15, 0.2) is 0 Å². The second kappa shape index (κ2) is 12.6. The highest BCUT2D eigenvalue weighted by Crippen LogP contribution is 2.11. The van der Waals surface area contributed by atoms with E-state index in [0.29, 0.717) is 0 Å². The lowest BCUT2D eigenvalue weighted by molar-refractivity contribution is 0.217. The van der Waals surface area contributed by atoms with E-state index in [-0.39, 0.29) is 0 Å². The first-order chi connectivity index (χ1) is 7.81. The minimum atomic E-state index is -0.519. The number of hydrogen-bond donors (Lipinski definition) is 1. The van der Waals surface area contributed by atoms with Crippen molar-refractivity contribution in [3.8, 4) is 12.3 Å². The van der Waals surface area contributed by atoms with Gasteiger partial charge in [-0.1, -0.05) is 70.6 Å². The smallest absolute Gasteiger partial charge is 0.114 e. The van der Waals surface area contributed by atoms with Gasteiger partial charge in [0.05, 0.1) is 0 Å². The second-order valence-electron chi connectivity index (χ2n) is 4.65. The van der Waals surface area contributed by atoms with Crippen molar-refractivity contribution in [2.75, 3.05) is 0 Å². The van der Waals surface area contributed by atoms with E-state index in [2.05, 4.69) is 12.8 Å². The molecule has 0 aromatic heterocycles. The molecule has 0 heterocycles. The largest absolute Gasteiger partial charge is 0.380 e. The van der Waals surface area contributed by atoms with Crippen LogP contribution in [0.5, 0.6) is 0 Å². The fourth-order valence-electron chi connectivity index (χ4n) is 1.91. The molecule has 1 heteroatoms. The van der Waals surface area contributed by atoms with Crippen molar-refractivity contribution in [1.29, 1.82) is 0 Å². The molecule has 0 aromatic carbocycles. The number of unbranched alkanes of at least 4 members (excludes halogenated alkanes) is 9. The Balaban J connectivity index is 2.96. The second-order valence-corrected chi connectivity index (χ2v) is 4.65. The lowest BCUT2D eigenvalue weighted by Gasteiger charge is -2.03. The SMILES string of the molecule is C#C[C@H](O)CCCCCCCCCCCC. The van der Waals surface area contributed by atoms with Crippen molar-refractivity contribution in [2.24, 2.45) is 0 Å². The Morgan fingerprint density at radius 1 is 0.875 bits per heavy atom. The number of terminal acetylenes is 1. The summed E-state index contributed by atoms with van der Waals surface area (Å²) in [6.45, 7) is 2.25. The van der Waals surface area contributed by atoms with Gasteiger partial charge in [0, 0.05) is 0 Å². The zero-order valence-corrected chi connectivity index (χ0v) is 10.9. The van der Waals surface area contributed by atoms with Gasteiger partial charge in [-0.25, -0.2) is 0 Å². The molecule has 0 aliphatic heterocycles. The quantitative estimate of drug-likeness (QED) is 0.410. The molecule has 0 spiro atoms. The summed E-state index contributed by atoms with van der Waals surface area (Å²) in [5.74, 6) is 2.35. The van der Waals surface area contributed by atoms with Gasteiger partial charge in [0.1, 0.15) is 6.10 Å². The summed E-state index contributed by atoms with van der Waals surface area (Å²) < 4.78 is 0. The Morgan fingerprint density at radius 3 is 1.75 bits per heavy atom. The number of rotatable bonds is 11. The van der Waals surface area contributed by atoms with Crippen LogP contribution < -0.4 is 0 Å². The molecule has 0 saturated carbocycles. The fraction of sp³-hybridized carbons (Fsp3) is 0.867. The van der Waals surface area contributed by atoms with Crippen LogP contribution in [0.4, 0.5) is 0 Å². The number of aliphatic hydroxyl groups excluding tert-OH is 1. The van der Waals surface area contributed by atoms with E-state index in [1.165, 1.54) is 57.8 Å². The Kier molecular flexibility index (Phi) is 12.2. The van der Waals surface area contributed by atoms with Crippen molar-refractivity contribution in [3.63, 3.8) is 0 Å². The zero-order valence-electron chi connectivity index (χ0n) is 10.9. The molecule has 0 unspecified atom stereocenters. The Labute approximate surface area is 102 Å². The molecular weight excluding hydrogens is 196 g/mol. The lowest BCUT2D eigenvalue weighted by Crippen LogP contribution is -2.01. The standard InChI is InChI=1S/C15H28O/c1-3-5-6-7-8-9-10-11-12-13-14-15(16)4-2/h2,15-16H,3,5-14H2,1H3/t15-/m0/s1. The average Bonchev–Trinajstić information content (AvgIpc) is 2.31. The predicted molar refractivity (Wildman–Crippen MR) is 71.3 cm³/mol. The summed E-state index contributed by atoms with van der Waals surface area (Å²) in [7, 11) is 0. The molecule has 0 fully saturated rings. The van der Waals surface area contributed by atoms with Crippen molar-refractivity contribution < 1.29 is 5.11 Å². The molecule has 0 rings (SSSR count). The van der Waals surface area contributed by atoms with Crippen LogP contribution in [0, 0.1) is 12.3 Å². The number of hydrogen-bond acceptors (Lipinski definition) is 1. The van der Waals surface area contributed by atoms with E-state index < -0.39 is 6.10 Å². The molecule has 0 aliphatic rings. The van der Waals surface area contributed by atoms with E-state index in [4.69, 9.17) is 11.5 Å². The Hall–Kier alpha value is -0.480. The molecule has 0 aromatic rings. The van der Waals surface area contributed by atoms with Crippen LogP contribution >= 0.6 is 0 Å². The molecule has 16 heavy (non-hydrogen) atoms. The van der Waals surface area contributed by atoms with Crippen molar-refractivity contribution >= 4 is 0 Å². The molecule has 1 nitrogen and oxygen atoms in total. The third kappa shape index (κ3) is 11.6. The van der Waals surface area contributed by atoms with E-state index in [1.54, 1.807) is 0 Å². The molecule has 1 atom stereocenters. The molecule has 0 saturated heterocycles. The van der Waals surface area contributed by atoms with Crippen LogP contribution in [0.3, 0.4) is 0 Å². The summed E-state index contributed by atoms with van der Waals surface area (Å²) in [5.41, 5.74) is 0. The molecule has 0 aliphatic carbocycles. The normalized spacial score (nSPS) is 12.3. The maximum absolute atomic E-state index is 9.14. The summed E-state index contributed by atoms with van der Waals surface area (Å²) >= 11 is 0. The van der Waals surface area contributed by atoms with Gasteiger partial charge in [0.2, 0.25) is 0 Å². The maximum Gasteiger partial charge on any atom is 0.114 e. The fourth-order valence-corrected chi connectivity index (χ4v) is 1.91. The summed E-state index contributed by atoms with van der Waals surface area (Å²) in [6.07, 6.45) is 18.6. The van der Waals surface area contributed by atoms with Gasteiger partial charge in [0.25, 0.3) is 0 Å². The van der Waals surface area contributed by atoms with E-state index in [0.717, 1.165) is 12.8 Å². The van der Waals surface area contributed by atoms with Gasteiger partial charge >= 0.3 is 0 Å². The molecule has 0 radical (unpaired) electrons. The first-order valence-corrected chi connectivity index (χ1v) is 6.95. The molecule has 0 bridgehead atoms. The first kappa shape index (κ1) is 15.5. The Bertz CT molecular complexity index is 169. The minimum absolute atomic E-state index is 0.519. The van der Waals surface area contributed by atoms with Crippen molar-refractivity contribution in [2.45, 2.75) is 83.7 Å². The van der Waals surface area contributed by atoms with Gasteiger partial charge in [-0.2, -0.15) is 0 Å². The van der Waals surface area contributed by atoms with Gasteiger partial charge < -0.3 is 5.11 Å². The van der Waals surface area contributed by atoms with E-state index in [9.17, 15) is 0 Å². The molecule has 94 valence electrons. The maximum atomic E-state index is 9.14. The van der Waals surface area contributed by atoms with Gasteiger partial charge in [-0.15, -0.1) is 6.42 Å².